The summed E-state index contributed by atoms with van der Waals surface area (Å²) in [5, 5.41) is 14.0. The van der Waals surface area contributed by atoms with Crippen molar-refractivity contribution in [2.45, 2.75) is 33.1 Å². The van der Waals surface area contributed by atoms with E-state index >= 15 is 0 Å². The summed E-state index contributed by atoms with van der Waals surface area (Å²) >= 11 is 0. The highest BCUT2D eigenvalue weighted by Gasteiger charge is 2.27. The number of aliphatic carboxylic acids is 1. The molecule has 0 bridgehead atoms. The number of hydrogen-bond acceptors (Lipinski definition) is 3. The average molecular weight is 285 g/mol. The molecule has 7 heteroatoms. The van der Waals surface area contributed by atoms with Gasteiger partial charge in [-0.05, 0) is 26.7 Å². The van der Waals surface area contributed by atoms with Gasteiger partial charge < -0.3 is 20.6 Å². The Kier molecular flexibility index (Phi) is 5.79. The van der Waals surface area contributed by atoms with Crippen molar-refractivity contribution in [2.75, 3.05) is 26.2 Å². The van der Waals surface area contributed by atoms with Crippen LogP contribution in [0.4, 0.5) is 4.79 Å². The van der Waals surface area contributed by atoms with Crippen molar-refractivity contribution in [1.82, 2.24) is 15.5 Å². The molecule has 1 saturated heterocycles. The van der Waals surface area contributed by atoms with Gasteiger partial charge in [0, 0.05) is 32.6 Å². The number of nitrogens with one attached hydrogen (secondary N) is 2. The number of rotatable bonds is 6. The smallest absolute Gasteiger partial charge is 0.314 e. The molecule has 7 nitrogen and oxygen atoms in total. The molecule has 0 aromatic heterocycles. The minimum absolute atomic E-state index is 0.0360. The number of nitrogens with zero attached hydrogens (tertiary/aromatic N) is 1. The summed E-state index contributed by atoms with van der Waals surface area (Å²) in [6, 6.07) is -0.450. The van der Waals surface area contributed by atoms with Gasteiger partial charge in [0.05, 0.1) is 5.41 Å². The lowest BCUT2D eigenvalue weighted by Crippen LogP contribution is -2.44. The molecule has 1 aliphatic rings. The van der Waals surface area contributed by atoms with Gasteiger partial charge in [-0.15, -0.1) is 0 Å². The van der Waals surface area contributed by atoms with Crippen LogP contribution < -0.4 is 10.6 Å². The maximum Gasteiger partial charge on any atom is 0.314 e. The zero-order valence-electron chi connectivity index (χ0n) is 12.1. The molecule has 0 atom stereocenters. The predicted molar refractivity (Wildman–Crippen MR) is 73.2 cm³/mol. The third-order valence-electron chi connectivity index (χ3n) is 3.35. The summed E-state index contributed by atoms with van der Waals surface area (Å²) in [4.78, 5) is 35.8. The van der Waals surface area contributed by atoms with Crippen LogP contribution in [0.25, 0.3) is 0 Å². The summed E-state index contributed by atoms with van der Waals surface area (Å²) in [5.41, 5.74) is -1.01. The van der Waals surface area contributed by atoms with E-state index in [0.717, 1.165) is 25.9 Å². The summed E-state index contributed by atoms with van der Waals surface area (Å²) in [5.74, 6) is -0.921. The highest BCUT2D eigenvalue weighted by Crippen LogP contribution is 2.12. The summed E-state index contributed by atoms with van der Waals surface area (Å²) < 4.78 is 0. The Morgan fingerprint density at radius 3 is 2.30 bits per heavy atom. The Hall–Kier alpha value is -1.79. The number of carboxylic acids is 1. The molecular formula is C13H23N3O4. The molecule has 0 aromatic rings. The predicted octanol–water partition coefficient (Wildman–Crippen LogP) is 0.409. The molecule has 1 rings (SSSR count). The fourth-order valence-corrected chi connectivity index (χ4v) is 1.85. The third kappa shape index (κ3) is 5.07. The molecule has 0 aromatic carbocycles. The number of hydrogen-bond donors (Lipinski definition) is 3. The first-order valence-electron chi connectivity index (χ1n) is 6.86. The van der Waals surface area contributed by atoms with Gasteiger partial charge in [-0.25, -0.2) is 4.79 Å². The Balaban J connectivity index is 2.17. The zero-order valence-corrected chi connectivity index (χ0v) is 12.1. The van der Waals surface area contributed by atoms with Gasteiger partial charge in [-0.1, -0.05) is 0 Å². The first-order chi connectivity index (χ1) is 9.33. The third-order valence-corrected chi connectivity index (χ3v) is 3.35. The molecule has 1 heterocycles. The quantitative estimate of drug-likeness (QED) is 0.658. The molecule has 3 amide bonds. The van der Waals surface area contributed by atoms with E-state index in [9.17, 15) is 14.4 Å². The van der Waals surface area contributed by atoms with Gasteiger partial charge >= 0.3 is 12.0 Å². The summed E-state index contributed by atoms with van der Waals surface area (Å²) in [7, 11) is 0. The molecule has 0 spiro atoms. The van der Waals surface area contributed by atoms with Crippen molar-refractivity contribution in [3.8, 4) is 0 Å². The lowest BCUT2D eigenvalue weighted by Gasteiger charge is -2.20. The SMILES string of the molecule is CC(C)(CNC(=O)NCCC(=O)N1CCCC1)C(=O)O. The number of amides is 3. The van der Waals surface area contributed by atoms with Crippen molar-refractivity contribution < 1.29 is 19.5 Å². The highest BCUT2D eigenvalue weighted by atomic mass is 16.4. The van der Waals surface area contributed by atoms with Gasteiger partial charge in [-0.2, -0.15) is 0 Å². The van der Waals surface area contributed by atoms with Crippen molar-refractivity contribution in [3.05, 3.63) is 0 Å². The highest BCUT2D eigenvalue weighted by molar-refractivity contribution is 5.79. The minimum atomic E-state index is -1.01. The van der Waals surface area contributed by atoms with E-state index in [1.807, 2.05) is 0 Å². The zero-order chi connectivity index (χ0) is 15.2. The Labute approximate surface area is 118 Å². The second kappa shape index (κ2) is 7.12. The number of urea groups is 1. The molecule has 1 aliphatic heterocycles. The first kappa shape index (κ1) is 16.3. The number of carbonyl (C=O) groups excluding carboxylic acids is 2. The molecule has 1 fully saturated rings. The molecule has 114 valence electrons. The van der Waals surface area contributed by atoms with Crippen LogP contribution in [0.15, 0.2) is 0 Å². The largest absolute Gasteiger partial charge is 0.481 e. The van der Waals surface area contributed by atoms with E-state index < -0.39 is 17.4 Å². The standard InChI is InChI=1S/C13H23N3O4/c1-13(2,11(18)19)9-15-12(20)14-6-5-10(17)16-7-3-4-8-16/h3-9H2,1-2H3,(H,18,19)(H2,14,15,20). The van der Waals surface area contributed by atoms with E-state index in [-0.39, 0.29) is 25.4 Å². The Bertz CT molecular complexity index is 376. The lowest BCUT2D eigenvalue weighted by molar-refractivity contribution is -0.146. The van der Waals surface area contributed by atoms with Crippen LogP contribution in [0, 0.1) is 5.41 Å². The first-order valence-corrected chi connectivity index (χ1v) is 6.86. The van der Waals surface area contributed by atoms with Crippen LogP contribution in [-0.4, -0.2) is 54.1 Å². The minimum Gasteiger partial charge on any atom is -0.481 e. The average Bonchev–Trinajstić information content (AvgIpc) is 2.90. The summed E-state index contributed by atoms with van der Waals surface area (Å²) in [6.45, 7) is 4.97. The summed E-state index contributed by atoms with van der Waals surface area (Å²) in [6.07, 6.45) is 2.36. The molecular weight excluding hydrogens is 262 g/mol. The van der Waals surface area contributed by atoms with E-state index in [4.69, 9.17) is 5.11 Å². The topological polar surface area (TPSA) is 98.7 Å². The van der Waals surface area contributed by atoms with E-state index in [1.165, 1.54) is 13.8 Å². The van der Waals surface area contributed by atoms with Crippen LogP contribution in [0.2, 0.25) is 0 Å². The lowest BCUT2D eigenvalue weighted by atomic mass is 9.94. The number of carbonyl (C=O) groups is 3. The molecule has 3 N–H and O–H groups in total. The molecule has 0 unspecified atom stereocenters. The fourth-order valence-electron chi connectivity index (χ4n) is 1.85. The van der Waals surface area contributed by atoms with Crippen LogP contribution in [0.5, 0.6) is 0 Å². The molecule has 0 radical (unpaired) electrons. The number of likely N-dealkylation sites (tertiary alicyclic amines) is 1. The molecule has 20 heavy (non-hydrogen) atoms. The van der Waals surface area contributed by atoms with Gasteiger partial charge in [0.1, 0.15) is 0 Å². The Morgan fingerprint density at radius 2 is 1.75 bits per heavy atom. The van der Waals surface area contributed by atoms with Crippen molar-refractivity contribution in [2.24, 2.45) is 5.41 Å². The van der Waals surface area contributed by atoms with Crippen molar-refractivity contribution in [3.63, 3.8) is 0 Å². The van der Waals surface area contributed by atoms with Gasteiger partial charge in [0.15, 0.2) is 0 Å². The maximum absolute atomic E-state index is 11.7. The van der Waals surface area contributed by atoms with Crippen LogP contribution in [0.3, 0.4) is 0 Å². The van der Waals surface area contributed by atoms with E-state index in [0.29, 0.717) is 0 Å². The van der Waals surface area contributed by atoms with Gasteiger partial charge in [0.25, 0.3) is 0 Å². The van der Waals surface area contributed by atoms with Crippen LogP contribution >= 0.6 is 0 Å². The van der Waals surface area contributed by atoms with Crippen LogP contribution in [-0.2, 0) is 9.59 Å². The maximum atomic E-state index is 11.7. The number of carboxylic acid groups (broad SMARTS) is 1. The van der Waals surface area contributed by atoms with E-state index in [1.54, 1.807) is 4.90 Å². The van der Waals surface area contributed by atoms with Gasteiger partial charge in [-0.3, -0.25) is 9.59 Å². The molecule has 0 saturated carbocycles. The van der Waals surface area contributed by atoms with Crippen LogP contribution in [0.1, 0.15) is 33.1 Å². The van der Waals surface area contributed by atoms with Crippen molar-refractivity contribution in [1.29, 1.82) is 0 Å². The van der Waals surface area contributed by atoms with E-state index in [2.05, 4.69) is 10.6 Å². The monoisotopic (exact) mass is 285 g/mol. The van der Waals surface area contributed by atoms with Gasteiger partial charge in [0.2, 0.25) is 5.91 Å². The normalized spacial score (nSPS) is 15.0. The fraction of sp³-hybridized carbons (Fsp3) is 0.769. The Morgan fingerprint density at radius 1 is 1.15 bits per heavy atom. The second-order valence-electron chi connectivity index (χ2n) is 5.64. The van der Waals surface area contributed by atoms with Crippen molar-refractivity contribution >= 4 is 17.9 Å². The second-order valence-corrected chi connectivity index (χ2v) is 5.64. The molecule has 0 aliphatic carbocycles.